The molecule has 1 N–H and O–H groups in total. The summed E-state index contributed by atoms with van der Waals surface area (Å²) < 4.78 is 34.1. The van der Waals surface area contributed by atoms with Gasteiger partial charge in [0.25, 0.3) is 17.4 Å². The number of methoxy groups -OCH3 is 1. The van der Waals surface area contributed by atoms with Crippen molar-refractivity contribution in [2.24, 2.45) is 0 Å². The van der Waals surface area contributed by atoms with Gasteiger partial charge < -0.3 is 10.1 Å². The highest BCUT2D eigenvalue weighted by Crippen LogP contribution is 2.26. The van der Waals surface area contributed by atoms with Crippen LogP contribution in [0, 0.1) is 0 Å². The first-order valence-corrected chi connectivity index (χ1v) is 10.5. The quantitative estimate of drug-likeness (QED) is 0.438. The average Bonchev–Trinajstić information content (AvgIpc) is 2.83. The molecule has 1 amide bonds. The van der Waals surface area contributed by atoms with Crippen LogP contribution in [0.2, 0.25) is 0 Å². The van der Waals surface area contributed by atoms with Crippen LogP contribution in [0.1, 0.15) is 28.5 Å². The molecule has 0 saturated carbocycles. The normalized spacial score (nSPS) is 11.4. The van der Waals surface area contributed by atoms with Crippen molar-refractivity contribution in [1.82, 2.24) is 14.5 Å². The lowest BCUT2D eigenvalue weighted by atomic mass is 10.1. The number of alkyl halides is 2. The topological polar surface area (TPSA) is 86.1 Å². The van der Waals surface area contributed by atoms with Crippen molar-refractivity contribution >= 4 is 22.5 Å². The van der Waals surface area contributed by atoms with E-state index in [4.69, 9.17) is 4.74 Å². The number of rotatable bonds is 7. The minimum absolute atomic E-state index is 0.00363. The molecule has 0 radical (unpaired) electrons. The molecular formula is C25H22F2N4O3. The molecule has 2 aromatic carbocycles. The number of benzene rings is 2. The van der Waals surface area contributed by atoms with Crippen LogP contribution in [0.3, 0.4) is 0 Å². The number of halogens is 2. The number of para-hydroxylation sites is 1. The van der Waals surface area contributed by atoms with Crippen LogP contribution < -0.4 is 15.6 Å². The zero-order valence-electron chi connectivity index (χ0n) is 18.6. The zero-order chi connectivity index (χ0) is 24.3. The average molecular weight is 464 g/mol. The Labute approximate surface area is 194 Å². The van der Waals surface area contributed by atoms with Gasteiger partial charge in [-0.25, -0.2) is 4.98 Å². The Morgan fingerprint density at radius 2 is 1.91 bits per heavy atom. The number of fused-ring (bicyclic) bond motifs is 1. The van der Waals surface area contributed by atoms with E-state index in [1.165, 1.54) is 17.0 Å². The van der Waals surface area contributed by atoms with Gasteiger partial charge in [-0.3, -0.25) is 19.1 Å². The first kappa shape index (κ1) is 23.0. The van der Waals surface area contributed by atoms with Crippen molar-refractivity contribution in [3.63, 3.8) is 0 Å². The van der Waals surface area contributed by atoms with Gasteiger partial charge in [-0.05, 0) is 42.3 Å². The summed E-state index contributed by atoms with van der Waals surface area (Å²) in [7, 11) is 1.59. The Morgan fingerprint density at radius 1 is 1.12 bits per heavy atom. The first-order valence-electron chi connectivity index (χ1n) is 10.5. The van der Waals surface area contributed by atoms with Gasteiger partial charge in [0, 0.05) is 25.2 Å². The van der Waals surface area contributed by atoms with Gasteiger partial charge in [0.05, 0.1) is 30.0 Å². The van der Waals surface area contributed by atoms with E-state index in [1.807, 2.05) is 24.3 Å². The van der Waals surface area contributed by atoms with Gasteiger partial charge in [-0.1, -0.05) is 24.3 Å². The van der Waals surface area contributed by atoms with Gasteiger partial charge in [-0.15, -0.1) is 0 Å². The number of anilines is 1. The summed E-state index contributed by atoms with van der Waals surface area (Å²) in [6.07, 6.45) is 3.15. The molecule has 9 heteroatoms. The molecule has 4 rings (SSSR count). The van der Waals surface area contributed by atoms with Gasteiger partial charge >= 0.3 is 0 Å². The summed E-state index contributed by atoms with van der Waals surface area (Å²) in [6, 6.07) is 14.8. The van der Waals surface area contributed by atoms with E-state index in [0.29, 0.717) is 25.4 Å². The molecule has 2 heterocycles. The lowest BCUT2D eigenvalue weighted by Crippen LogP contribution is -2.23. The fraction of sp³-hybridized carbons (Fsp3) is 0.200. The van der Waals surface area contributed by atoms with E-state index in [-0.39, 0.29) is 22.2 Å². The molecule has 0 bridgehead atoms. The SMILES string of the molecule is COc1ccccc1CCn1cnc2cccc(NC(=O)c3ccnc(C(C)(F)F)c3)c2c1=O. The number of aryl methyl sites for hydroxylation is 2. The van der Waals surface area contributed by atoms with E-state index >= 15 is 0 Å². The highest BCUT2D eigenvalue weighted by Gasteiger charge is 2.27. The van der Waals surface area contributed by atoms with E-state index in [1.54, 1.807) is 25.3 Å². The second-order valence-electron chi connectivity index (χ2n) is 7.78. The third-order valence-corrected chi connectivity index (χ3v) is 5.39. The molecule has 0 spiro atoms. The van der Waals surface area contributed by atoms with Gasteiger partial charge in [0.15, 0.2) is 0 Å². The lowest BCUT2D eigenvalue weighted by molar-refractivity contribution is 0.0127. The van der Waals surface area contributed by atoms with Crippen LogP contribution in [0.15, 0.2) is 71.9 Å². The molecule has 4 aromatic rings. The molecular weight excluding hydrogens is 442 g/mol. The summed E-state index contributed by atoms with van der Waals surface area (Å²) in [6.45, 7) is 1.06. The fourth-order valence-electron chi connectivity index (χ4n) is 3.62. The monoisotopic (exact) mass is 464 g/mol. The van der Waals surface area contributed by atoms with Crippen molar-refractivity contribution < 1.29 is 18.3 Å². The molecule has 34 heavy (non-hydrogen) atoms. The summed E-state index contributed by atoms with van der Waals surface area (Å²) in [4.78, 5) is 34.0. The number of nitrogens with zero attached hydrogens (tertiary/aromatic N) is 3. The molecule has 0 fully saturated rings. The zero-order valence-corrected chi connectivity index (χ0v) is 18.6. The largest absolute Gasteiger partial charge is 0.496 e. The Morgan fingerprint density at radius 3 is 2.68 bits per heavy atom. The van der Waals surface area contributed by atoms with Gasteiger partial charge in [-0.2, -0.15) is 8.78 Å². The second-order valence-corrected chi connectivity index (χ2v) is 7.78. The van der Waals surface area contributed by atoms with Crippen LogP contribution in [-0.2, 0) is 18.9 Å². The molecule has 0 aliphatic carbocycles. The van der Waals surface area contributed by atoms with Crippen molar-refractivity contribution in [3.8, 4) is 5.75 Å². The van der Waals surface area contributed by atoms with Crippen LogP contribution >= 0.6 is 0 Å². The fourth-order valence-corrected chi connectivity index (χ4v) is 3.62. The summed E-state index contributed by atoms with van der Waals surface area (Å²) >= 11 is 0. The number of carbonyl (C=O) groups excluding carboxylic acids is 1. The number of aromatic nitrogens is 3. The molecule has 0 aliphatic rings. The van der Waals surface area contributed by atoms with Crippen LogP contribution in [-0.4, -0.2) is 27.6 Å². The lowest BCUT2D eigenvalue weighted by Gasteiger charge is -2.13. The summed E-state index contributed by atoms with van der Waals surface area (Å²) in [5.74, 6) is -3.09. The van der Waals surface area contributed by atoms with Crippen molar-refractivity contribution in [2.75, 3.05) is 12.4 Å². The number of ether oxygens (including phenoxy) is 1. The highest BCUT2D eigenvalue weighted by atomic mass is 19.3. The first-order chi connectivity index (χ1) is 16.3. The molecule has 7 nitrogen and oxygen atoms in total. The number of nitrogens with one attached hydrogen (secondary N) is 1. The number of hydrogen-bond acceptors (Lipinski definition) is 5. The Balaban J connectivity index is 1.64. The van der Waals surface area contributed by atoms with Crippen LogP contribution in [0.5, 0.6) is 5.75 Å². The predicted octanol–water partition coefficient (Wildman–Crippen LogP) is 4.41. The minimum atomic E-state index is -3.19. The van der Waals surface area contributed by atoms with Crippen molar-refractivity contribution in [3.05, 3.63) is 94.3 Å². The highest BCUT2D eigenvalue weighted by molar-refractivity contribution is 6.08. The number of hydrogen-bond donors (Lipinski definition) is 1. The van der Waals surface area contributed by atoms with Gasteiger partial charge in [0.1, 0.15) is 11.4 Å². The number of carbonyl (C=O) groups is 1. The predicted molar refractivity (Wildman–Crippen MR) is 124 cm³/mol. The Kier molecular flexibility index (Phi) is 6.36. The van der Waals surface area contributed by atoms with Crippen LogP contribution in [0.4, 0.5) is 14.5 Å². The molecule has 0 saturated heterocycles. The second kappa shape index (κ2) is 9.38. The van der Waals surface area contributed by atoms with E-state index < -0.39 is 17.5 Å². The Bertz CT molecular complexity index is 1410. The molecule has 174 valence electrons. The van der Waals surface area contributed by atoms with Crippen molar-refractivity contribution in [2.45, 2.75) is 25.8 Å². The maximum atomic E-state index is 13.6. The van der Waals surface area contributed by atoms with E-state index in [2.05, 4.69) is 15.3 Å². The third kappa shape index (κ3) is 4.78. The molecule has 0 aliphatic heterocycles. The summed E-state index contributed by atoms with van der Waals surface area (Å²) in [5.41, 5.74) is 0.758. The van der Waals surface area contributed by atoms with Crippen molar-refractivity contribution in [1.29, 1.82) is 0 Å². The summed E-state index contributed by atoms with van der Waals surface area (Å²) in [5, 5.41) is 2.89. The Hall–Kier alpha value is -4.14. The molecule has 0 atom stereocenters. The minimum Gasteiger partial charge on any atom is -0.496 e. The molecule has 2 aromatic heterocycles. The van der Waals surface area contributed by atoms with Crippen LogP contribution in [0.25, 0.3) is 10.9 Å². The smallest absolute Gasteiger partial charge is 0.286 e. The number of pyridine rings is 1. The number of amides is 1. The standard InChI is InChI=1S/C25H22F2N4O3/c1-25(26,27)21-14-17(10-12-28-21)23(32)30-19-8-5-7-18-22(19)24(33)31(15-29-18)13-11-16-6-3-4-9-20(16)34-2/h3-10,12,14-15H,11,13H2,1-2H3,(H,30,32). The maximum absolute atomic E-state index is 13.6. The maximum Gasteiger partial charge on any atom is 0.286 e. The van der Waals surface area contributed by atoms with E-state index in [9.17, 15) is 18.4 Å². The van der Waals surface area contributed by atoms with Gasteiger partial charge in [0.2, 0.25) is 0 Å². The molecule has 0 unspecified atom stereocenters. The third-order valence-electron chi connectivity index (χ3n) is 5.39. The van der Waals surface area contributed by atoms with E-state index in [0.717, 1.165) is 23.6 Å².